The van der Waals surface area contributed by atoms with Crippen LogP contribution in [0, 0.1) is 0 Å². The van der Waals surface area contributed by atoms with Crippen molar-refractivity contribution in [1.82, 2.24) is 19.4 Å². The molecule has 0 radical (unpaired) electrons. The van der Waals surface area contributed by atoms with Crippen LogP contribution in [-0.4, -0.2) is 48.1 Å². The van der Waals surface area contributed by atoms with E-state index in [-0.39, 0.29) is 18.0 Å². The summed E-state index contributed by atoms with van der Waals surface area (Å²) in [4.78, 5) is 23.3. The van der Waals surface area contributed by atoms with Crippen LogP contribution in [0.1, 0.15) is 36.2 Å². The van der Waals surface area contributed by atoms with E-state index in [1.54, 1.807) is 18.5 Å². The normalized spacial score (nSPS) is 27.2. The molecule has 1 N–H and O–H groups in total. The average Bonchev–Trinajstić information content (AvgIpc) is 3.21. The van der Waals surface area contributed by atoms with Gasteiger partial charge in [0.25, 0.3) is 5.91 Å². The number of aromatic nitrogens is 3. The Bertz CT molecular complexity index is 970. The van der Waals surface area contributed by atoms with Gasteiger partial charge in [0.2, 0.25) is 0 Å². The summed E-state index contributed by atoms with van der Waals surface area (Å²) in [5.41, 5.74) is 0.710. The molecular weight excluding hydrogens is 340 g/mol. The highest BCUT2D eigenvalue weighted by Crippen LogP contribution is 2.42. The zero-order valence-electron chi connectivity index (χ0n) is 15.0. The Balaban J connectivity index is 1.38. The molecule has 0 saturated carbocycles. The van der Waals surface area contributed by atoms with Crippen molar-refractivity contribution in [3.8, 4) is 0 Å². The molecule has 27 heavy (non-hydrogen) atoms. The number of fused-ring (bicyclic) bond motifs is 3. The van der Waals surface area contributed by atoms with Crippen molar-refractivity contribution in [3.63, 3.8) is 0 Å². The van der Waals surface area contributed by atoms with Gasteiger partial charge in [-0.05, 0) is 49.9 Å². The second-order valence-electron chi connectivity index (χ2n) is 7.82. The van der Waals surface area contributed by atoms with E-state index in [0.717, 1.165) is 23.7 Å². The topological polar surface area (TPSA) is 71.2 Å². The molecule has 5 heterocycles. The Morgan fingerprint density at radius 1 is 1.15 bits per heavy atom. The maximum absolute atomic E-state index is 12.9. The standard InChI is InChI=1S/C21H22N4O2/c26-20(18-3-1-2-8-23-18)25-16-4-5-17(25)12-21(27,11-16)14-24-10-7-15-6-9-22-13-19(15)24/h1-3,6-10,13,16-17,27H,4-5,11-12,14H2/t16-,17-/m0/s1. The van der Waals surface area contributed by atoms with Gasteiger partial charge in [0.05, 0.1) is 23.9 Å². The van der Waals surface area contributed by atoms with Crippen molar-refractivity contribution in [2.75, 3.05) is 0 Å². The second kappa shape index (κ2) is 6.16. The lowest BCUT2D eigenvalue weighted by Crippen LogP contribution is -2.54. The van der Waals surface area contributed by atoms with Crippen LogP contribution in [0.25, 0.3) is 10.9 Å². The first-order valence-corrected chi connectivity index (χ1v) is 9.48. The predicted octanol–water partition coefficient (Wildman–Crippen LogP) is 2.63. The number of aliphatic hydroxyl groups is 1. The Morgan fingerprint density at radius 2 is 1.96 bits per heavy atom. The van der Waals surface area contributed by atoms with Crippen molar-refractivity contribution in [2.24, 2.45) is 0 Å². The van der Waals surface area contributed by atoms with E-state index in [1.165, 1.54) is 0 Å². The summed E-state index contributed by atoms with van der Waals surface area (Å²) in [5, 5.41) is 12.5. The van der Waals surface area contributed by atoms with Crippen LogP contribution in [-0.2, 0) is 6.54 Å². The molecule has 5 rings (SSSR count). The van der Waals surface area contributed by atoms with E-state index >= 15 is 0 Å². The fourth-order valence-corrected chi connectivity index (χ4v) is 4.89. The van der Waals surface area contributed by atoms with Crippen LogP contribution in [0.15, 0.2) is 55.1 Å². The smallest absolute Gasteiger partial charge is 0.272 e. The van der Waals surface area contributed by atoms with Crippen LogP contribution >= 0.6 is 0 Å². The van der Waals surface area contributed by atoms with Gasteiger partial charge in [-0.25, -0.2) is 0 Å². The Hall–Kier alpha value is -2.73. The second-order valence-corrected chi connectivity index (χ2v) is 7.82. The third-order valence-corrected chi connectivity index (χ3v) is 6.01. The van der Waals surface area contributed by atoms with E-state index in [0.29, 0.717) is 25.1 Å². The number of nitrogens with zero attached hydrogens (tertiary/aromatic N) is 4. The van der Waals surface area contributed by atoms with Gasteiger partial charge >= 0.3 is 0 Å². The molecule has 2 aliphatic heterocycles. The molecule has 2 bridgehead atoms. The summed E-state index contributed by atoms with van der Waals surface area (Å²) >= 11 is 0. The van der Waals surface area contributed by atoms with Crippen LogP contribution in [0.5, 0.6) is 0 Å². The zero-order chi connectivity index (χ0) is 18.4. The number of rotatable bonds is 3. The number of piperidine rings is 1. The van der Waals surface area contributed by atoms with Gasteiger partial charge in [-0.2, -0.15) is 0 Å². The Kier molecular flexibility index (Phi) is 3.75. The molecule has 1 amide bonds. The van der Waals surface area contributed by atoms with Crippen molar-refractivity contribution in [1.29, 1.82) is 0 Å². The van der Waals surface area contributed by atoms with Crippen LogP contribution in [0.2, 0.25) is 0 Å². The summed E-state index contributed by atoms with van der Waals surface area (Å²) in [6.07, 6.45) is 10.4. The number of amides is 1. The summed E-state index contributed by atoms with van der Waals surface area (Å²) in [6, 6.07) is 9.60. The van der Waals surface area contributed by atoms with Gasteiger partial charge in [-0.3, -0.25) is 14.8 Å². The van der Waals surface area contributed by atoms with Gasteiger partial charge < -0.3 is 14.6 Å². The zero-order valence-corrected chi connectivity index (χ0v) is 15.0. The molecule has 3 aromatic rings. The molecule has 6 heteroatoms. The third kappa shape index (κ3) is 2.80. The lowest BCUT2D eigenvalue weighted by Gasteiger charge is -2.44. The summed E-state index contributed by atoms with van der Waals surface area (Å²) in [6.45, 7) is 0.529. The van der Waals surface area contributed by atoms with Gasteiger partial charge in [0.15, 0.2) is 0 Å². The maximum Gasteiger partial charge on any atom is 0.272 e. The quantitative estimate of drug-likeness (QED) is 0.777. The molecule has 2 fully saturated rings. The first-order chi connectivity index (χ1) is 13.1. The first kappa shape index (κ1) is 16.4. The van der Waals surface area contributed by atoms with E-state index in [4.69, 9.17) is 0 Å². The number of hydrogen-bond acceptors (Lipinski definition) is 4. The number of carbonyl (C=O) groups is 1. The van der Waals surface area contributed by atoms with E-state index in [2.05, 4.69) is 20.6 Å². The van der Waals surface area contributed by atoms with Crippen molar-refractivity contribution >= 4 is 16.8 Å². The summed E-state index contributed by atoms with van der Waals surface area (Å²) in [5.74, 6) is -0.0132. The first-order valence-electron chi connectivity index (χ1n) is 9.48. The minimum atomic E-state index is -0.811. The minimum absolute atomic E-state index is 0.0132. The highest BCUT2D eigenvalue weighted by Gasteiger charge is 2.49. The number of carbonyl (C=O) groups excluding carboxylic acids is 1. The lowest BCUT2D eigenvalue weighted by molar-refractivity contribution is -0.0534. The predicted molar refractivity (Wildman–Crippen MR) is 101 cm³/mol. The van der Waals surface area contributed by atoms with Gasteiger partial charge in [-0.15, -0.1) is 0 Å². The Labute approximate surface area is 157 Å². The molecule has 2 atom stereocenters. The molecular formula is C21H22N4O2. The van der Waals surface area contributed by atoms with Crippen molar-refractivity contribution in [3.05, 3.63) is 60.8 Å². The van der Waals surface area contributed by atoms with Gasteiger partial charge in [0, 0.05) is 36.1 Å². The highest BCUT2D eigenvalue weighted by atomic mass is 16.3. The molecule has 138 valence electrons. The molecule has 0 aromatic carbocycles. The molecule has 6 nitrogen and oxygen atoms in total. The third-order valence-electron chi connectivity index (χ3n) is 6.01. The summed E-state index contributed by atoms with van der Waals surface area (Å²) < 4.78 is 2.08. The molecule has 3 aromatic heterocycles. The SMILES string of the molecule is O=C(c1ccccn1)N1[C@H]2CC[C@H]1CC(O)(Cn1ccc3ccncc31)C2. The van der Waals surface area contributed by atoms with Crippen LogP contribution in [0.3, 0.4) is 0 Å². The van der Waals surface area contributed by atoms with E-state index in [9.17, 15) is 9.90 Å². The fourth-order valence-electron chi connectivity index (χ4n) is 4.89. The number of hydrogen-bond donors (Lipinski definition) is 1. The molecule has 0 unspecified atom stereocenters. The van der Waals surface area contributed by atoms with Gasteiger partial charge in [0.1, 0.15) is 5.69 Å². The monoisotopic (exact) mass is 362 g/mol. The largest absolute Gasteiger partial charge is 0.388 e. The Morgan fingerprint density at radius 3 is 2.70 bits per heavy atom. The lowest BCUT2D eigenvalue weighted by atomic mass is 9.85. The maximum atomic E-state index is 12.9. The van der Waals surface area contributed by atoms with Crippen LogP contribution in [0.4, 0.5) is 0 Å². The summed E-state index contributed by atoms with van der Waals surface area (Å²) in [7, 11) is 0. The highest BCUT2D eigenvalue weighted by molar-refractivity contribution is 5.93. The van der Waals surface area contributed by atoms with Gasteiger partial charge in [-0.1, -0.05) is 6.07 Å². The molecule has 0 aliphatic carbocycles. The van der Waals surface area contributed by atoms with Crippen molar-refractivity contribution in [2.45, 2.75) is 49.9 Å². The number of pyridine rings is 2. The van der Waals surface area contributed by atoms with Crippen molar-refractivity contribution < 1.29 is 9.90 Å². The van der Waals surface area contributed by atoms with E-state index < -0.39 is 5.60 Å². The molecule has 0 spiro atoms. The molecule has 2 saturated heterocycles. The average molecular weight is 362 g/mol. The minimum Gasteiger partial charge on any atom is -0.388 e. The van der Waals surface area contributed by atoms with E-state index in [1.807, 2.05) is 35.5 Å². The molecule has 2 aliphatic rings. The fraction of sp³-hybridized carbons (Fsp3) is 0.381. The van der Waals surface area contributed by atoms with Crippen LogP contribution < -0.4 is 0 Å².